The van der Waals surface area contributed by atoms with Gasteiger partial charge in [-0.1, -0.05) is 12.2 Å². The summed E-state index contributed by atoms with van der Waals surface area (Å²) in [4.78, 5) is 12.2. The van der Waals surface area contributed by atoms with Gasteiger partial charge in [-0.05, 0) is 55.4 Å². The van der Waals surface area contributed by atoms with Crippen molar-refractivity contribution in [2.24, 2.45) is 17.8 Å². The molecule has 0 spiro atoms. The number of halogens is 1. The van der Waals surface area contributed by atoms with Crippen LogP contribution in [0.4, 0.5) is 10.1 Å². The van der Waals surface area contributed by atoms with Gasteiger partial charge in [-0.2, -0.15) is 0 Å². The molecule has 0 saturated heterocycles. The number of hydrogen-bond donors (Lipinski definition) is 1. The standard InChI is InChI=1S/C15H16FNO/c1-9-6-12(16)4-5-14(9)17-15(18)13-8-10-2-3-11(13)7-10/h2-6,10-11,13H,7-8H2,1H3,(H,17,18). The minimum atomic E-state index is -0.270. The molecule has 1 N–H and O–H groups in total. The molecule has 0 aromatic heterocycles. The van der Waals surface area contributed by atoms with Gasteiger partial charge in [0.25, 0.3) is 0 Å². The van der Waals surface area contributed by atoms with Crippen LogP contribution in [-0.2, 0) is 4.79 Å². The Bertz CT molecular complexity index is 523. The first-order chi connectivity index (χ1) is 8.63. The van der Waals surface area contributed by atoms with Crippen LogP contribution >= 0.6 is 0 Å². The maximum atomic E-state index is 13.0. The fourth-order valence-corrected chi connectivity index (χ4v) is 3.07. The highest BCUT2D eigenvalue weighted by atomic mass is 19.1. The molecule has 3 rings (SSSR count). The van der Waals surface area contributed by atoms with Gasteiger partial charge in [0.05, 0.1) is 0 Å². The molecule has 1 amide bonds. The van der Waals surface area contributed by atoms with Crippen molar-refractivity contribution in [1.82, 2.24) is 0 Å². The van der Waals surface area contributed by atoms with Crippen LogP contribution in [0.1, 0.15) is 18.4 Å². The van der Waals surface area contributed by atoms with Gasteiger partial charge < -0.3 is 5.32 Å². The fourth-order valence-electron chi connectivity index (χ4n) is 3.07. The molecule has 0 heterocycles. The van der Waals surface area contributed by atoms with E-state index < -0.39 is 0 Å². The SMILES string of the molecule is Cc1cc(F)ccc1NC(=O)C1CC2C=CC1C2. The van der Waals surface area contributed by atoms with Gasteiger partial charge >= 0.3 is 0 Å². The summed E-state index contributed by atoms with van der Waals surface area (Å²) in [6.45, 7) is 1.80. The van der Waals surface area contributed by atoms with E-state index in [9.17, 15) is 9.18 Å². The van der Waals surface area contributed by atoms with Gasteiger partial charge in [-0.15, -0.1) is 0 Å². The Labute approximate surface area is 106 Å². The predicted molar refractivity (Wildman–Crippen MR) is 68.6 cm³/mol. The van der Waals surface area contributed by atoms with E-state index in [0.717, 1.165) is 18.4 Å². The van der Waals surface area contributed by atoms with Crippen molar-refractivity contribution in [3.05, 3.63) is 41.7 Å². The molecule has 2 nitrogen and oxygen atoms in total. The van der Waals surface area contributed by atoms with Crippen molar-refractivity contribution in [3.63, 3.8) is 0 Å². The van der Waals surface area contributed by atoms with Gasteiger partial charge in [0, 0.05) is 11.6 Å². The fraction of sp³-hybridized carbons (Fsp3) is 0.400. The Kier molecular flexibility index (Phi) is 2.69. The number of fused-ring (bicyclic) bond motifs is 2. The molecular weight excluding hydrogens is 229 g/mol. The summed E-state index contributed by atoms with van der Waals surface area (Å²) in [6.07, 6.45) is 6.45. The Balaban J connectivity index is 1.73. The zero-order valence-corrected chi connectivity index (χ0v) is 10.3. The highest BCUT2D eigenvalue weighted by Crippen LogP contribution is 2.43. The molecule has 1 aromatic rings. The summed E-state index contributed by atoms with van der Waals surface area (Å²) in [7, 11) is 0. The molecule has 0 radical (unpaired) electrons. The number of amides is 1. The third kappa shape index (κ3) is 1.94. The largest absolute Gasteiger partial charge is 0.326 e. The number of nitrogens with one attached hydrogen (secondary N) is 1. The zero-order valence-electron chi connectivity index (χ0n) is 10.3. The maximum absolute atomic E-state index is 13.0. The average molecular weight is 245 g/mol. The molecular formula is C15H16FNO. The zero-order chi connectivity index (χ0) is 12.7. The molecule has 1 aromatic carbocycles. The predicted octanol–water partition coefficient (Wildman–Crippen LogP) is 3.28. The van der Waals surface area contributed by atoms with Crippen LogP contribution in [0.5, 0.6) is 0 Å². The maximum Gasteiger partial charge on any atom is 0.228 e. The normalized spacial score (nSPS) is 28.7. The van der Waals surface area contributed by atoms with Crippen LogP contribution in [0.15, 0.2) is 30.4 Å². The van der Waals surface area contributed by atoms with Gasteiger partial charge in [0.15, 0.2) is 0 Å². The second-order valence-electron chi connectivity index (χ2n) is 5.34. The number of carbonyl (C=O) groups is 1. The summed E-state index contributed by atoms with van der Waals surface area (Å²) in [5.41, 5.74) is 1.48. The third-order valence-corrected chi connectivity index (χ3v) is 4.06. The number of hydrogen-bond acceptors (Lipinski definition) is 1. The molecule has 1 fully saturated rings. The third-order valence-electron chi connectivity index (χ3n) is 4.06. The van der Waals surface area contributed by atoms with Crippen molar-refractivity contribution in [1.29, 1.82) is 0 Å². The second kappa shape index (κ2) is 4.23. The van der Waals surface area contributed by atoms with Crippen LogP contribution in [0, 0.1) is 30.5 Å². The Morgan fingerprint density at radius 3 is 2.78 bits per heavy atom. The molecule has 1 saturated carbocycles. The lowest BCUT2D eigenvalue weighted by Crippen LogP contribution is -2.26. The molecule has 2 bridgehead atoms. The quantitative estimate of drug-likeness (QED) is 0.796. The lowest BCUT2D eigenvalue weighted by molar-refractivity contribution is -0.120. The van der Waals surface area contributed by atoms with Crippen molar-refractivity contribution in [2.75, 3.05) is 5.32 Å². The van der Waals surface area contributed by atoms with E-state index in [1.54, 1.807) is 13.0 Å². The van der Waals surface area contributed by atoms with E-state index in [1.807, 2.05) is 0 Å². The van der Waals surface area contributed by atoms with Gasteiger partial charge in [-0.25, -0.2) is 4.39 Å². The van der Waals surface area contributed by atoms with Crippen molar-refractivity contribution < 1.29 is 9.18 Å². The van der Waals surface area contributed by atoms with Crippen LogP contribution in [0.25, 0.3) is 0 Å². The van der Waals surface area contributed by atoms with Gasteiger partial charge in [0.1, 0.15) is 5.82 Å². The number of rotatable bonds is 2. The molecule has 2 aliphatic rings. The molecule has 3 unspecified atom stereocenters. The summed E-state index contributed by atoms with van der Waals surface area (Å²) in [6, 6.07) is 4.45. The van der Waals surface area contributed by atoms with E-state index in [4.69, 9.17) is 0 Å². The first-order valence-electron chi connectivity index (χ1n) is 6.39. The van der Waals surface area contributed by atoms with Crippen LogP contribution in [0.2, 0.25) is 0 Å². The van der Waals surface area contributed by atoms with E-state index in [1.165, 1.54) is 12.1 Å². The summed E-state index contributed by atoms with van der Waals surface area (Å²) in [5.74, 6) is 0.871. The lowest BCUT2D eigenvalue weighted by Gasteiger charge is -2.18. The van der Waals surface area contributed by atoms with E-state index in [-0.39, 0.29) is 17.6 Å². The number of benzene rings is 1. The highest BCUT2D eigenvalue weighted by molar-refractivity contribution is 5.94. The smallest absolute Gasteiger partial charge is 0.228 e. The summed E-state index contributed by atoms with van der Waals surface area (Å²) >= 11 is 0. The second-order valence-corrected chi connectivity index (χ2v) is 5.34. The molecule has 94 valence electrons. The molecule has 18 heavy (non-hydrogen) atoms. The highest BCUT2D eigenvalue weighted by Gasteiger charge is 2.39. The number of carbonyl (C=O) groups excluding carboxylic acids is 1. The van der Waals surface area contributed by atoms with Gasteiger partial charge in [-0.3, -0.25) is 4.79 Å². The topological polar surface area (TPSA) is 29.1 Å². The van der Waals surface area contributed by atoms with Crippen LogP contribution < -0.4 is 5.32 Å². The van der Waals surface area contributed by atoms with Crippen molar-refractivity contribution >= 4 is 11.6 Å². The van der Waals surface area contributed by atoms with Crippen LogP contribution in [0.3, 0.4) is 0 Å². The molecule has 3 atom stereocenters. The summed E-state index contributed by atoms with van der Waals surface area (Å²) in [5, 5.41) is 2.92. The Hall–Kier alpha value is -1.64. The van der Waals surface area contributed by atoms with E-state index in [0.29, 0.717) is 17.5 Å². The molecule has 2 aliphatic carbocycles. The minimum absolute atomic E-state index is 0.0709. The first-order valence-corrected chi connectivity index (χ1v) is 6.39. The van der Waals surface area contributed by atoms with Gasteiger partial charge in [0.2, 0.25) is 5.91 Å². The lowest BCUT2D eigenvalue weighted by atomic mass is 9.92. The number of allylic oxidation sites excluding steroid dienone is 2. The summed E-state index contributed by atoms with van der Waals surface area (Å²) < 4.78 is 13.0. The monoisotopic (exact) mass is 245 g/mol. The molecule has 3 heteroatoms. The number of anilines is 1. The van der Waals surface area contributed by atoms with Crippen molar-refractivity contribution in [2.45, 2.75) is 19.8 Å². The van der Waals surface area contributed by atoms with Crippen LogP contribution in [-0.4, -0.2) is 5.91 Å². The van der Waals surface area contributed by atoms with E-state index >= 15 is 0 Å². The Morgan fingerprint density at radius 2 is 2.17 bits per heavy atom. The van der Waals surface area contributed by atoms with E-state index in [2.05, 4.69) is 17.5 Å². The first kappa shape index (κ1) is 11.5. The average Bonchev–Trinajstić information content (AvgIpc) is 2.94. The number of aryl methyl sites for hydroxylation is 1. The van der Waals surface area contributed by atoms with Crippen molar-refractivity contribution in [3.8, 4) is 0 Å². The Morgan fingerprint density at radius 1 is 1.33 bits per heavy atom. The minimum Gasteiger partial charge on any atom is -0.326 e. The molecule has 0 aliphatic heterocycles.